The highest BCUT2D eigenvalue weighted by atomic mass is 35.5. The zero-order valence-corrected chi connectivity index (χ0v) is 13.7. The first-order valence-corrected chi connectivity index (χ1v) is 8.29. The molecule has 0 radical (unpaired) electrons. The van der Waals surface area contributed by atoms with Gasteiger partial charge in [-0.25, -0.2) is 4.98 Å². The number of aryl methyl sites for hydroxylation is 1. The third kappa shape index (κ3) is 4.10. The predicted octanol–water partition coefficient (Wildman–Crippen LogP) is 4.54. The minimum Gasteiger partial charge on any atom is -0.481 e. The number of imidazole rings is 1. The predicted molar refractivity (Wildman–Crippen MR) is 87.0 cm³/mol. The Morgan fingerprint density at radius 3 is 2.57 bits per heavy atom. The molecule has 0 spiro atoms. The van der Waals surface area contributed by atoms with Gasteiger partial charge in [-0.1, -0.05) is 39.0 Å². The summed E-state index contributed by atoms with van der Waals surface area (Å²) in [6, 6.07) is 3.78. The Hall–Kier alpha value is -1.29. The maximum Gasteiger partial charge on any atom is 0.215 e. The number of aromatic nitrogens is 3. The zero-order valence-electron chi connectivity index (χ0n) is 12.9. The Morgan fingerprint density at radius 1 is 1.10 bits per heavy atom. The standard InChI is InChI=1S/C16H24ClN3O/c1-3-4-5-6-7-8-11-20-14(12-17)18-13-9-10-15(21-2)19-16(13)20/h9-10H,3-8,11-12H2,1-2H3. The highest BCUT2D eigenvalue weighted by Gasteiger charge is 2.11. The van der Waals surface area contributed by atoms with Gasteiger partial charge in [0.05, 0.1) is 13.0 Å². The van der Waals surface area contributed by atoms with Crippen molar-refractivity contribution in [2.45, 2.75) is 57.9 Å². The number of pyridine rings is 1. The molecule has 0 aliphatic carbocycles. The molecule has 116 valence electrons. The van der Waals surface area contributed by atoms with Crippen molar-refractivity contribution in [1.29, 1.82) is 0 Å². The van der Waals surface area contributed by atoms with Crippen LogP contribution in [0.1, 0.15) is 51.3 Å². The first kappa shape index (κ1) is 16.1. The zero-order chi connectivity index (χ0) is 15.1. The summed E-state index contributed by atoms with van der Waals surface area (Å²) in [4.78, 5) is 9.06. The van der Waals surface area contributed by atoms with Crippen molar-refractivity contribution in [3.05, 3.63) is 18.0 Å². The summed E-state index contributed by atoms with van der Waals surface area (Å²) in [5.41, 5.74) is 1.76. The van der Waals surface area contributed by atoms with Crippen LogP contribution in [0.25, 0.3) is 11.2 Å². The molecule has 0 fully saturated rings. The van der Waals surface area contributed by atoms with Gasteiger partial charge in [0.1, 0.15) is 11.3 Å². The number of nitrogens with zero attached hydrogens (tertiary/aromatic N) is 3. The van der Waals surface area contributed by atoms with Crippen LogP contribution in [0.15, 0.2) is 12.1 Å². The second kappa shape index (κ2) is 8.23. The largest absolute Gasteiger partial charge is 0.481 e. The van der Waals surface area contributed by atoms with Gasteiger partial charge in [0.2, 0.25) is 5.88 Å². The molecule has 0 atom stereocenters. The Balaban J connectivity index is 2.05. The summed E-state index contributed by atoms with van der Waals surface area (Å²) in [7, 11) is 1.63. The lowest BCUT2D eigenvalue weighted by molar-refractivity contribution is 0.398. The number of hydrogen-bond donors (Lipinski definition) is 0. The van der Waals surface area contributed by atoms with E-state index in [9.17, 15) is 0 Å². The summed E-state index contributed by atoms with van der Waals surface area (Å²) >= 11 is 6.02. The van der Waals surface area contributed by atoms with E-state index in [1.165, 1.54) is 32.1 Å². The monoisotopic (exact) mass is 309 g/mol. The second-order valence-electron chi connectivity index (χ2n) is 5.28. The molecule has 0 amide bonds. The molecule has 5 heteroatoms. The molecule has 0 saturated carbocycles. The molecular weight excluding hydrogens is 286 g/mol. The molecule has 4 nitrogen and oxygen atoms in total. The fourth-order valence-electron chi connectivity index (χ4n) is 2.53. The number of hydrogen-bond acceptors (Lipinski definition) is 3. The van der Waals surface area contributed by atoms with Crippen molar-refractivity contribution in [3.63, 3.8) is 0 Å². The molecule has 2 aromatic rings. The lowest BCUT2D eigenvalue weighted by atomic mass is 10.1. The molecule has 0 aliphatic heterocycles. The van der Waals surface area contributed by atoms with Crippen LogP contribution in [0, 0.1) is 0 Å². The average Bonchev–Trinajstić information content (AvgIpc) is 2.87. The van der Waals surface area contributed by atoms with E-state index >= 15 is 0 Å². The molecule has 2 heterocycles. The smallest absolute Gasteiger partial charge is 0.215 e. The number of fused-ring (bicyclic) bond motifs is 1. The maximum absolute atomic E-state index is 6.02. The molecule has 2 aromatic heterocycles. The summed E-state index contributed by atoms with van der Waals surface area (Å²) in [6.07, 6.45) is 7.62. The van der Waals surface area contributed by atoms with E-state index < -0.39 is 0 Å². The summed E-state index contributed by atoms with van der Waals surface area (Å²) in [6.45, 7) is 3.16. The van der Waals surface area contributed by atoms with E-state index in [0.29, 0.717) is 11.8 Å². The van der Waals surface area contributed by atoms with E-state index in [-0.39, 0.29) is 0 Å². The van der Waals surface area contributed by atoms with Crippen LogP contribution in [0.2, 0.25) is 0 Å². The van der Waals surface area contributed by atoms with Crippen molar-refractivity contribution in [2.75, 3.05) is 7.11 Å². The van der Waals surface area contributed by atoms with Gasteiger partial charge in [0.15, 0.2) is 5.65 Å². The molecule has 0 bridgehead atoms. The van der Waals surface area contributed by atoms with Crippen LogP contribution in [-0.4, -0.2) is 21.6 Å². The normalized spacial score (nSPS) is 11.2. The van der Waals surface area contributed by atoms with E-state index in [4.69, 9.17) is 16.3 Å². The fourth-order valence-corrected chi connectivity index (χ4v) is 2.74. The quantitative estimate of drug-likeness (QED) is 0.504. The van der Waals surface area contributed by atoms with Gasteiger partial charge >= 0.3 is 0 Å². The second-order valence-corrected chi connectivity index (χ2v) is 5.54. The Morgan fingerprint density at radius 2 is 1.86 bits per heavy atom. The van der Waals surface area contributed by atoms with Crippen LogP contribution in [-0.2, 0) is 12.4 Å². The number of alkyl halides is 1. The number of methoxy groups -OCH3 is 1. The number of ether oxygens (including phenoxy) is 1. The topological polar surface area (TPSA) is 39.9 Å². The number of unbranched alkanes of at least 4 members (excludes halogenated alkanes) is 5. The molecule has 2 rings (SSSR count). The average molecular weight is 310 g/mol. The van der Waals surface area contributed by atoms with Gasteiger partial charge < -0.3 is 9.30 Å². The Kier molecular flexibility index (Phi) is 6.30. The molecule has 0 aliphatic rings. The minimum absolute atomic E-state index is 0.411. The van der Waals surface area contributed by atoms with Crippen molar-refractivity contribution >= 4 is 22.8 Å². The molecule has 0 unspecified atom stereocenters. The minimum atomic E-state index is 0.411. The van der Waals surface area contributed by atoms with Crippen LogP contribution >= 0.6 is 11.6 Å². The molecule has 21 heavy (non-hydrogen) atoms. The molecule has 0 aromatic carbocycles. The van der Waals surface area contributed by atoms with E-state index in [0.717, 1.165) is 30.0 Å². The SMILES string of the molecule is CCCCCCCCn1c(CCl)nc2ccc(OC)nc21. The van der Waals surface area contributed by atoms with Crippen LogP contribution in [0.5, 0.6) is 5.88 Å². The first-order chi connectivity index (χ1) is 10.3. The first-order valence-electron chi connectivity index (χ1n) is 7.76. The highest BCUT2D eigenvalue weighted by Crippen LogP contribution is 2.20. The van der Waals surface area contributed by atoms with Gasteiger partial charge in [-0.3, -0.25) is 0 Å². The number of rotatable bonds is 9. The van der Waals surface area contributed by atoms with Crippen molar-refractivity contribution < 1.29 is 4.74 Å². The fraction of sp³-hybridized carbons (Fsp3) is 0.625. The van der Waals surface area contributed by atoms with Gasteiger partial charge in [0, 0.05) is 12.6 Å². The van der Waals surface area contributed by atoms with Crippen molar-refractivity contribution in [2.24, 2.45) is 0 Å². The summed E-state index contributed by atoms with van der Waals surface area (Å²) in [5.74, 6) is 1.92. The van der Waals surface area contributed by atoms with Gasteiger partial charge in [-0.05, 0) is 12.5 Å². The Labute approximate surface area is 131 Å². The molecular formula is C16H24ClN3O. The highest BCUT2D eigenvalue weighted by molar-refractivity contribution is 6.16. The lowest BCUT2D eigenvalue weighted by Crippen LogP contribution is -2.04. The number of halogens is 1. The van der Waals surface area contributed by atoms with Gasteiger partial charge in [-0.15, -0.1) is 11.6 Å². The lowest BCUT2D eigenvalue weighted by Gasteiger charge is -2.07. The summed E-state index contributed by atoms with van der Waals surface area (Å²) < 4.78 is 7.33. The Bertz CT molecular complexity index is 568. The third-order valence-electron chi connectivity index (χ3n) is 3.71. The third-order valence-corrected chi connectivity index (χ3v) is 3.95. The van der Waals surface area contributed by atoms with Crippen LogP contribution < -0.4 is 4.74 Å². The van der Waals surface area contributed by atoms with Crippen molar-refractivity contribution in [3.8, 4) is 5.88 Å². The maximum atomic E-state index is 6.02. The van der Waals surface area contributed by atoms with Gasteiger partial charge in [0.25, 0.3) is 0 Å². The van der Waals surface area contributed by atoms with Gasteiger partial charge in [-0.2, -0.15) is 4.98 Å². The molecule has 0 N–H and O–H groups in total. The summed E-state index contributed by atoms with van der Waals surface area (Å²) in [5, 5.41) is 0. The van der Waals surface area contributed by atoms with E-state index in [2.05, 4.69) is 21.5 Å². The van der Waals surface area contributed by atoms with Crippen LogP contribution in [0.3, 0.4) is 0 Å². The van der Waals surface area contributed by atoms with Crippen LogP contribution in [0.4, 0.5) is 0 Å². The van der Waals surface area contributed by atoms with E-state index in [1.54, 1.807) is 7.11 Å². The molecule has 0 saturated heterocycles. The van der Waals surface area contributed by atoms with E-state index in [1.807, 2.05) is 12.1 Å². The van der Waals surface area contributed by atoms with Crippen molar-refractivity contribution in [1.82, 2.24) is 14.5 Å².